The van der Waals surface area contributed by atoms with Gasteiger partial charge in [0.1, 0.15) is 12.8 Å². The highest BCUT2D eigenvalue weighted by Gasteiger charge is 2.29. The number of rotatable bonds is 2. The SMILES string of the molecule is FC(F)(F)COC1CC=CN1. The Hall–Kier alpha value is -0.710. The third-order valence-electron chi connectivity index (χ3n) is 1.20. The van der Waals surface area contributed by atoms with E-state index in [-0.39, 0.29) is 0 Å². The van der Waals surface area contributed by atoms with Crippen molar-refractivity contribution in [1.82, 2.24) is 5.32 Å². The molecule has 0 fully saturated rings. The first-order valence-electron chi connectivity index (χ1n) is 3.17. The minimum atomic E-state index is -4.23. The Morgan fingerprint density at radius 1 is 1.55 bits per heavy atom. The van der Waals surface area contributed by atoms with Crippen molar-refractivity contribution in [2.45, 2.75) is 18.8 Å². The second-order valence-electron chi connectivity index (χ2n) is 2.22. The molecule has 0 aromatic carbocycles. The molecule has 0 saturated heterocycles. The van der Waals surface area contributed by atoms with Crippen molar-refractivity contribution < 1.29 is 17.9 Å². The lowest BCUT2D eigenvalue weighted by atomic mass is 10.4. The second-order valence-corrected chi connectivity index (χ2v) is 2.22. The fraction of sp³-hybridized carbons (Fsp3) is 0.667. The van der Waals surface area contributed by atoms with Crippen molar-refractivity contribution in [2.75, 3.05) is 6.61 Å². The average molecular weight is 167 g/mol. The van der Waals surface area contributed by atoms with Crippen LogP contribution in [-0.4, -0.2) is 19.0 Å². The van der Waals surface area contributed by atoms with Gasteiger partial charge in [0.25, 0.3) is 0 Å². The molecule has 0 aromatic heterocycles. The van der Waals surface area contributed by atoms with Crippen molar-refractivity contribution in [2.24, 2.45) is 0 Å². The smallest absolute Gasteiger partial charge is 0.366 e. The Bertz CT molecular complexity index is 146. The summed E-state index contributed by atoms with van der Waals surface area (Å²) in [5.74, 6) is 0. The molecule has 1 aliphatic heterocycles. The molecular formula is C6H8F3NO. The summed E-state index contributed by atoms with van der Waals surface area (Å²) in [6.45, 7) is -1.19. The van der Waals surface area contributed by atoms with Crippen LogP contribution < -0.4 is 5.32 Å². The Balaban J connectivity index is 2.13. The third-order valence-corrected chi connectivity index (χ3v) is 1.20. The largest absolute Gasteiger partial charge is 0.411 e. The molecule has 0 saturated carbocycles. The van der Waals surface area contributed by atoms with Crippen molar-refractivity contribution in [3.05, 3.63) is 12.3 Å². The Labute approximate surface area is 62.0 Å². The Morgan fingerprint density at radius 3 is 2.73 bits per heavy atom. The van der Waals surface area contributed by atoms with Crippen LogP contribution in [0.5, 0.6) is 0 Å². The fourth-order valence-corrected chi connectivity index (χ4v) is 0.746. The summed E-state index contributed by atoms with van der Waals surface area (Å²) < 4.78 is 39.1. The van der Waals surface area contributed by atoms with E-state index in [0.29, 0.717) is 6.42 Å². The Morgan fingerprint density at radius 2 is 2.27 bits per heavy atom. The molecule has 1 heterocycles. The average Bonchev–Trinajstić information content (AvgIpc) is 2.32. The van der Waals surface area contributed by atoms with Gasteiger partial charge in [-0.1, -0.05) is 6.08 Å². The zero-order chi connectivity index (χ0) is 8.32. The van der Waals surface area contributed by atoms with Gasteiger partial charge < -0.3 is 10.1 Å². The van der Waals surface area contributed by atoms with E-state index in [0.717, 1.165) is 0 Å². The van der Waals surface area contributed by atoms with E-state index in [4.69, 9.17) is 0 Å². The van der Waals surface area contributed by atoms with E-state index in [1.54, 1.807) is 12.3 Å². The van der Waals surface area contributed by atoms with Gasteiger partial charge in [-0.3, -0.25) is 0 Å². The molecule has 1 N–H and O–H groups in total. The second kappa shape index (κ2) is 3.13. The molecule has 5 heteroatoms. The van der Waals surface area contributed by atoms with Crippen molar-refractivity contribution >= 4 is 0 Å². The maximum absolute atomic E-state index is 11.5. The number of hydrogen-bond acceptors (Lipinski definition) is 2. The number of nitrogens with one attached hydrogen (secondary N) is 1. The molecule has 0 amide bonds. The highest BCUT2D eigenvalue weighted by atomic mass is 19.4. The first-order valence-corrected chi connectivity index (χ1v) is 3.17. The number of hydrogen-bond donors (Lipinski definition) is 1. The van der Waals surface area contributed by atoms with Gasteiger partial charge in [0, 0.05) is 6.42 Å². The lowest BCUT2D eigenvalue weighted by molar-refractivity contribution is -0.186. The molecule has 2 nitrogen and oxygen atoms in total. The first-order chi connectivity index (χ1) is 5.08. The lowest BCUT2D eigenvalue weighted by Gasteiger charge is -2.13. The van der Waals surface area contributed by atoms with Crippen molar-refractivity contribution in [3.63, 3.8) is 0 Å². The first kappa shape index (κ1) is 8.39. The van der Waals surface area contributed by atoms with E-state index in [1.165, 1.54) is 0 Å². The topological polar surface area (TPSA) is 21.3 Å². The van der Waals surface area contributed by atoms with Crippen LogP contribution >= 0.6 is 0 Å². The predicted octanol–water partition coefficient (Wildman–Crippen LogP) is 1.40. The van der Waals surface area contributed by atoms with E-state index >= 15 is 0 Å². The zero-order valence-corrected chi connectivity index (χ0v) is 5.69. The maximum atomic E-state index is 11.5. The van der Waals surface area contributed by atoms with E-state index < -0.39 is 19.0 Å². The van der Waals surface area contributed by atoms with Gasteiger partial charge in [0.2, 0.25) is 0 Å². The molecule has 0 radical (unpaired) electrons. The minimum absolute atomic E-state index is 0.496. The highest BCUT2D eigenvalue weighted by Crippen LogP contribution is 2.16. The van der Waals surface area contributed by atoms with Crippen LogP contribution in [0.2, 0.25) is 0 Å². The highest BCUT2D eigenvalue weighted by molar-refractivity contribution is 4.90. The lowest BCUT2D eigenvalue weighted by Crippen LogP contribution is -2.28. The maximum Gasteiger partial charge on any atom is 0.411 e. The molecule has 1 aliphatic rings. The molecule has 64 valence electrons. The van der Waals surface area contributed by atoms with Crippen LogP contribution in [0.1, 0.15) is 6.42 Å². The van der Waals surface area contributed by atoms with Gasteiger partial charge in [-0.2, -0.15) is 13.2 Å². The van der Waals surface area contributed by atoms with Gasteiger partial charge in [-0.05, 0) is 6.20 Å². The Kier molecular flexibility index (Phi) is 2.38. The quantitative estimate of drug-likeness (QED) is 0.671. The van der Waals surface area contributed by atoms with Gasteiger partial charge in [0.15, 0.2) is 0 Å². The standard InChI is InChI=1S/C6H8F3NO/c7-6(8,9)4-11-5-2-1-3-10-5/h1,3,5,10H,2,4H2. The summed E-state index contributed by atoms with van der Waals surface area (Å²) in [4.78, 5) is 0. The number of halogens is 3. The van der Waals surface area contributed by atoms with Crippen LogP contribution in [0, 0.1) is 0 Å². The van der Waals surface area contributed by atoms with Gasteiger partial charge >= 0.3 is 6.18 Å². The summed E-state index contributed by atoms with van der Waals surface area (Å²) >= 11 is 0. The monoisotopic (exact) mass is 167 g/mol. The summed E-state index contributed by atoms with van der Waals surface area (Å²) in [6, 6.07) is 0. The summed E-state index contributed by atoms with van der Waals surface area (Å²) in [7, 11) is 0. The van der Waals surface area contributed by atoms with E-state index in [1.807, 2.05) is 0 Å². The van der Waals surface area contributed by atoms with Crippen LogP contribution in [-0.2, 0) is 4.74 Å². The minimum Gasteiger partial charge on any atom is -0.366 e. The summed E-state index contributed by atoms with van der Waals surface area (Å²) in [6.07, 6.45) is -0.931. The molecule has 0 aromatic rings. The molecular weight excluding hydrogens is 159 g/mol. The van der Waals surface area contributed by atoms with Gasteiger partial charge in [0.05, 0.1) is 0 Å². The van der Waals surface area contributed by atoms with E-state index in [2.05, 4.69) is 10.1 Å². The molecule has 11 heavy (non-hydrogen) atoms. The van der Waals surface area contributed by atoms with Crippen LogP contribution in [0.15, 0.2) is 12.3 Å². The molecule has 1 atom stereocenters. The van der Waals surface area contributed by atoms with Gasteiger partial charge in [-0.15, -0.1) is 0 Å². The number of alkyl halides is 3. The molecule has 0 aliphatic carbocycles. The third kappa shape index (κ3) is 3.27. The van der Waals surface area contributed by atoms with Crippen LogP contribution in [0.3, 0.4) is 0 Å². The summed E-state index contributed by atoms with van der Waals surface area (Å²) in [5.41, 5.74) is 0. The summed E-state index contributed by atoms with van der Waals surface area (Å²) in [5, 5.41) is 2.63. The van der Waals surface area contributed by atoms with Crippen LogP contribution in [0.4, 0.5) is 13.2 Å². The predicted molar refractivity (Wildman–Crippen MR) is 32.7 cm³/mol. The van der Waals surface area contributed by atoms with Gasteiger partial charge in [-0.25, -0.2) is 0 Å². The fourth-order valence-electron chi connectivity index (χ4n) is 0.746. The molecule has 1 rings (SSSR count). The number of ether oxygens (including phenoxy) is 1. The van der Waals surface area contributed by atoms with Crippen molar-refractivity contribution in [1.29, 1.82) is 0 Å². The normalized spacial score (nSPS) is 23.7. The van der Waals surface area contributed by atoms with E-state index in [9.17, 15) is 13.2 Å². The molecule has 0 bridgehead atoms. The molecule has 1 unspecified atom stereocenters. The zero-order valence-electron chi connectivity index (χ0n) is 5.69. The van der Waals surface area contributed by atoms with Crippen molar-refractivity contribution in [3.8, 4) is 0 Å². The van der Waals surface area contributed by atoms with Crippen LogP contribution in [0.25, 0.3) is 0 Å². The molecule has 0 spiro atoms.